The summed E-state index contributed by atoms with van der Waals surface area (Å²) in [5, 5.41) is 0. The summed E-state index contributed by atoms with van der Waals surface area (Å²) < 4.78 is 11.7. The van der Waals surface area contributed by atoms with E-state index in [1.165, 1.54) is 3.57 Å². The molecule has 0 aliphatic carbocycles. The van der Waals surface area contributed by atoms with E-state index >= 15 is 0 Å². The highest BCUT2D eigenvalue weighted by molar-refractivity contribution is 14.1. The van der Waals surface area contributed by atoms with Gasteiger partial charge in [-0.2, -0.15) is 0 Å². The molecule has 1 heterocycles. The first-order valence-corrected chi connectivity index (χ1v) is 4.92. The summed E-state index contributed by atoms with van der Waals surface area (Å²) in [6.07, 6.45) is 0.337. The van der Waals surface area contributed by atoms with Crippen LogP contribution in [0.5, 0.6) is 5.75 Å². The fourth-order valence-electron chi connectivity index (χ4n) is 0.884. The number of hydrogen-bond acceptors (Lipinski definition) is 2. The van der Waals surface area contributed by atoms with Crippen LogP contribution in [-0.2, 0) is 4.74 Å². The Morgan fingerprint density at radius 1 is 1.42 bits per heavy atom. The molecule has 0 N–H and O–H groups in total. The Labute approximate surface area is 85.0 Å². The van der Waals surface area contributed by atoms with E-state index in [2.05, 4.69) is 22.6 Å². The number of ether oxygens (including phenoxy) is 2. The lowest BCUT2D eigenvalue weighted by molar-refractivity contribution is 0.263. The van der Waals surface area contributed by atoms with E-state index in [0.29, 0.717) is 12.7 Å². The highest BCUT2D eigenvalue weighted by Crippen LogP contribution is 2.16. The molecule has 1 aromatic carbocycles. The zero-order valence-corrected chi connectivity index (χ0v) is 8.65. The lowest BCUT2D eigenvalue weighted by Gasteiger charge is -2.02. The van der Waals surface area contributed by atoms with Gasteiger partial charge >= 0.3 is 0 Å². The molecule has 1 aliphatic heterocycles. The minimum Gasteiger partial charge on any atom is -0.491 e. The second-order valence-electron chi connectivity index (χ2n) is 2.72. The van der Waals surface area contributed by atoms with Crippen molar-refractivity contribution in [1.29, 1.82) is 0 Å². The number of epoxide rings is 1. The van der Waals surface area contributed by atoms with E-state index in [0.717, 1.165) is 12.4 Å². The third kappa shape index (κ3) is 2.35. The van der Waals surface area contributed by atoms with Crippen LogP contribution in [0, 0.1) is 3.57 Å². The van der Waals surface area contributed by atoms with Crippen molar-refractivity contribution in [3.63, 3.8) is 0 Å². The van der Waals surface area contributed by atoms with Crippen LogP contribution in [0.4, 0.5) is 0 Å². The molecule has 1 atom stereocenters. The first-order valence-electron chi connectivity index (χ1n) is 3.84. The minimum atomic E-state index is 0.337. The van der Waals surface area contributed by atoms with E-state index in [1.54, 1.807) is 0 Å². The Balaban J connectivity index is 1.89. The van der Waals surface area contributed by atoms with Gasteiger partial charge in [-0.3, -0.25) is 0 Å². The maximum Gasteiger partial charge on any atom is 0.119 e. The molecule has 0 amide bonds. The first-order chi connectivity index (χ1) is 5.84. The molecular weight excluding hydrogens is 267 g/mol. The van der Waals surface area contributed by atoms with Gasteiger partial charge in [-0.1, -0.05) is 0 Å². The number of benzene rings is 1. The molecule has 0 saturated carbocycles. The van der Waals surface area contributed by atoms with Gasteiger partial charge in [0.25, 0.3) is 0 Å². The molecule has 0 bridgehead atoms. The van der Waals surface area contributed by atoms with Crippen LogP contribution in [0.3, 0.4) is 0 Å². The van der Waals surface area contributed by atoms with Gasteiger partial charge in [-0.25, -0.2) is 0 Å². The summed E-state index contributed by atoms with van der Waals surface area (Å²) in [6.45, 7) is 1.53. The summed E-state index contributed by atoms with van der Waals surface area (Å²) in [5.41, 5.74) is 0. The molecule has 3 heteroatoms. The normalized spacial score (nSPS) is 20.6. The van der Waals surface area contributed by atoms with Crippen molar-refractivity contribution in [3.8, 4) is 5.75 Å². The van der Waals surface area contributed by atoms with E-state index in [1.807, 2.05) is 24.3 Å². The van der Waals surface area contributed by atoms with E-state index in [-0.39, 0.29) is 0 Å². The molecule has 0 aromatic heterocycles. The molecule has 2 nitrogen and oxygen atoms in total. The van der Waals surface area contributed by atoms with E-state index in [9.17, 15) is 0 Å². The monoisotopic (exact) mass is 276 g/mol. The standard InChI is InChI=1S/C9H9IO2/c10-7-1-3-8(4-2-7)11-5-9-6-12-9/h1-4,9H,5-6H2/t9-/m0/s1. The van der Waals surface area contributed by atoms with Crippen LogP contribution in [0.2, 0.25) is 0 Å². The van der Waals surface area contributed by atoms with Crippen LogP contribution in [0.25, 0.3) is 0 Å². The van der Waals surface area contributed by atoms with Crippen LogP contribution >= 0.6 is 22.6 Å². The van der Waals surface area contributed by atoms with Crippen molar-refractivity contribution in [2.24, 2.45) is 0 Å². The highest BCUT2D eigenvalue weighted by Gasteiger charge is 2.22. The average molecular weight is 276 g/mol. The third-order valence-electron chi connectivity index (χ3n) is 1.65. The quantitative estimate of drug-likeness (QED) is 0.622. The Morgan fingerprint density at radius 3 is 2.67 bits per heavy atom. The molecule has 1 fully saturated rings. The lowest BCUT2D eigenvalue weighted by Crippen LogP contribution is -2.03. The Bertz CT molecular complexity index is 254. The SMILES string of the molecule is Ic1ccc(OC[C@H]2CO2)cc1. The van der Waals surface area contributed by atoms with Crippen LogP contribution < -0.4 is 4.74 Å². The van der Waals surface area contributed by atoms with Crippen molar-refractivity contribution in [1.82, 2.24) is 0 Å². The molecule has 0 spiro atoms. The van der Waals surface area contributed by atoms with Crippen LogP contribution in [0.1, 0.15) is 0 Å². The number of rotatable bonds is 3. The van der Waals surface area contributed by atoms with Gasteiger partial charge in [-0.05, 0) is 46.9 Å². The first kappa shape index (κ1) is 8.31. The summed E-state index contributed by atoms with van der Waals surface area (Å²) in [4.78, 5) is 0. The van der Waals surface area contributed by atoms with Gasteiger partial charge in [0.15, 0.2) is 0 Å². The van der Waals surface area contributed by atoms with E-state index < -0.39 is 0 Å². The highest BCUT2D eigenvalue weighted by atomic mass is 127. The van der Waals surface area contributed by atoms with Gasteiger partial charge in [0.2, 0.25) is 0 Å². The summed E-state index contributed by atoms with van der Waals surface area (Å²) in [7, 11) is 0. The van der Waals surface area contributed by atoms with Gasteiger partial charge in [-0.15, -0.1) is 0 Å². The van der Waals surface area contributed by atoms with Gasteiger partial charge in [0.05, 0.1) is 6.61 Å². The summed E-state index contributed by atoms with van der Waals surface area (Å²) in [6, 6.07) is 8.02. The van der Waals surface area contributed by atoms with Crippen molar-refractivity contribution >= 4 is 22.6 Å². The molecular formula is C9H9IO2. The zero-order valence-electron chi connectivity index (χ0n) is 6.50. The smallest absolute Gasteiger partial charge is 0.119 e. The van der Waals surface area contributed by atoms with Crippen molar-refractivity contribution in [3.05, 3.63) is 27.8 Å². The van der Waals surface area contributed by atoms with Crippen molar-refractivity contribution in [2.75, 3.05) is 13.2 Å². The maximum atomic E-state index is 5.46. The lowest BCUT2D eigenvalue weighted by atomic mass is 10.3. The molecule has 0 radical (unpaired) electrons. The number of hydrogen-bond donors (Lipinski definition) is 0. The summed E-state index contributed by atoms with van der Waals surface area (Å²) >= 11 is 2.27. The average Bonchev–Trinajstić information content (AvgIpc) is 2.87. The molecule has 1 saturated heterocycles. The van der Waals surface area contributed by atoms with Crippen molar-refractivity contribution < 1.29 is 9.47 Å². The molecule has 2 rings (SSSR count). The predicted octanol–water partition coefficient (Wildman–Crippen LogP) is 2.07. The molecule has 64 valence electrons. The third-order valence-corrected chi connectivity index (χ3v) is 2.37. The second kappa shape index (κ2) is 3.62. The maximum absolute atomic E-state index is 5.46. The van der Waals surface area contributed by atoms with Crippen LogP contribution in [0.15, 0.2) is 24.3 Å². The summed E-state index contributed by atoms with van der Waals surface area (Å²) in [5.74, 6) is 0.922. The Morgan fingerprint density at radius 2 is 2.08 bits per heavy atom. The van der Waals surface area contributed by atoms with Gasteiger partial charge in [0.1, 0.15) is 18.5 Å². The molecule has 1 aliphatic rings. The van der Waals surface area contributed by atoms with Gasteiger partial charge < -0.3 is 9.47 Å². The molecule has 1 aromatic rings. The zero-order chi connectivity index (χ0) is 8.39. The fourth-order valence-corrected chi connectivity index (χ4v) is 1.24. The predicted molar refractivity (Wildman–Crippen MR) is 54.4 cm³/mol. The number of halogens is 1. The Hall–Kier alpha value is -0.290. The molecule has 12 heavy (non-hydrogen) atoms. The van der Waals surface area contributed by atoms with Gasteiger partial charge in [0, 0.05) is 3.57 Å². The fraction of sp³-hybridized carbons (Fsp3) is 0.333. The largest absolute Gasteiger partial charge is 0.491 e. The minimum absolute atomic E-state index is 0.337. The Kier molecular flexibility index (Phi) is 2.51. The van der Waals surface area contributed by atoms with Crippen LogP contribution in [-0.4, -0.2) is 19.3 Å². The second-order valence-corrected chi connectivity index (χ2v) is 3.97. The van der Waals surface area contributed by atoms with E-state index in [4.69, 9.17) is 9.47 Å². The van der Waals surface area contributed by atoms with Crippen molar-refractivity contribution in [2.45, 2.75) is 6.10 Å². The molecule has 0 unspecified atom stereocenters. The topological polar surface area (TPSA) is 21.8 Å².